The lowest BCUT2D eigenvalue weighted by atomic mass is 9.74. The number of rotatable bonds is 6. The lowest BCUT2D eigenvalue weighted by molar-refractivity contribution is 0.0306. The van der Waals surface area contributed by atoms with E-state index in [1.54, 1.807) is 17.5 Å². The van der Waals surface area contributed by atoms with E-state index in [1.807, 2.05) is 29.9 Å². The number of thiophene rings is 1. The zero-order valence-electron chi connectivity index (χ0n) is 16.9. The number of nitrogens with zero attached hydrogens (tertiary/aromatic N) is 3. The van der Waals surface area contributed by atoms with Crippen molar-refractivity contribution >= 4 is 21.4 Å². The normalized spacial score (nSPS) is 26.2. The van der Waals surface area contributed by atoms with E-state index >= 15 is 0 Å². The van der Waals surface area contributed by atoms with Crippen LogP contribution in [0.2, 0.25) is 0 Å². The van der Waals surface area contributed by atoms with Gasteiger partial charge in [-0.1, -0.05) is 36.4 Å². The minimum atomic E-state index is -3.41. The maximum absolute atomic E-state index is 12.5. The Hall–Kier alpha value is -2.00. The molecule has 0 amide bonds. The van der Waals surface area contributed by atoms with Gasteiger partial charge in [0.15, 0.2) is 0 Å². The molecule has 1 aromatic carbocycles. The summed E-state index contributed by atoms with van der Waals surface area (Å²) >= 11 is 1.26. The van der Waals surface area contributed by atoms with E-state index < -0.39 is 10.0 Å². The van der Waals surface area contributed by atoms with Crippen molar-refractivity contribution in [2.24, 2.45) is 13.0 Å². The van der Waals surface area contributed by atoms with Gasteiger partial charge >= 0.3 is 0 Å². The standard InChI is InChI=1S/C22H26N4O2S2/c1-25-21(13-20(24-25)16-6-3-2-4-7-16)19-15-26-10-9-17(19)12-18(26)14-23-30(27,28)22-8-5-11-29-22/h2-8,11,13,17-19,23H,9-10,12,14-15H2,1H3. The van der Waals surface area contributed by atoms with Crippen molar-refractivity contribution in [1.82, 2.24) is 19.4 Å². The van der Waals surface area contributed by atoms with Crippen LogP contribution in [0.4, 0.5) is 0 Å². The smallest absolute Gasteiger partial charge is 0.250 e. The third kappa shape index (κ3) is 3.73. The van der Waals surface area contributed by atoms with Crippen LogP contribution in [-0.2, 0) is 17.1 Å². The summed E-state index contributed by atoms with van der Waals surface area (Å²) in [5, 5.41) is 6.56. The first-order chi connectivity index (χ1) is 14.5. The van der Waals surface area contributed by atoms with Gasteiger partial charge in [0.25, 0.3) is 0 Å². The van der Waals surface area contributed by atoms with Crippen LogP contribution < -0.4 is 4.72 Å². The third-order valence-corrected chi connectivity index (χ3v) is 9.33. The fourth-order valence-corrected chi connectivity index (χ4v) is 7.07. The monoisotopic (exact) mass is 442 g/mol. The van der Waals surface area contributed by atoms with Gasteiger partial charge in [0, 0.05) is 43.4 Å². The Balaban J connectivity index is 1.29. The highest BCUT2D eigenvalue weighted by atomic mass is 32.2. The van der Waals surface area contributed by atoms with E-state index in [4.69, 9.17) is 5.10 Å². The first kappa shape index (κ1) is 19.9. The number of hydrogen-bond donors (Lipinski definition) is 1. The SMILES string of the molecule is Cn1nc(-c2ccccc2)cc1C1CN2CCC1CC2CNS(=O)(=O)c1cccs1. The molecule has 0 aliphatic carbocycles. The number of benzene rings is 1. The van der Waals surface area contributed by atoms with Gasteiger partial charge in [-0.3, -0.25) is 9.58 Å². The molecule has 2 aromatic heterocycles. The Morgan fingerprint density at radius 1 is 1.20 bits per heavy atom. The molecule has 0 spiro atoms. The van der Waals surface area contributed by atoms with Gasteiger partial charge in [0.1, 0.15) is 4.21 Å². The van der Waals surface area contributed by atoms with Crippen molar-refractivity contribution < 1.29 is 8.42 Å². The Morgan fingerprint density at radius 2 is 2.03 bits per heavy atom. The van der Waals surface area contributed by atoms with E-state index in [2.05, 4.69) is 27.8 Å². The van der Waals surface area contributed by atoms with Crippen LogP contribution in [0.3, 0.4) is 0 Å². The van der Waals surface area contributed by atoms with Gasteiger partial charge in [0.2, 0.25) is 10.0 Å². The third-order valence-electron chi connectivity index (χ3n) is 6.51. The lowest BCUT2D eigenvalue weighted by Crippen LogP contribution is -2.56. The van der Waals surface area contributed by atoms with E-state index in [0.717, 1.165) is 37.2 Å². The molecule has 3 aliphatic heterocycles. The number of aryl methyl sites for hydroxylation is 1. The fraction of sp³-hybridized carbons (Fsp3) is 0.409. The first-order valence-electron chi connectivity index (χ1n) is 10.4. The Bertz CT molecular complexity index is 1110. The van der Waals surface area contributed by atoms with Crippen molar-refractivity contribution in [1.29, 1.82) is 0 Å². The zero-order valence-corrected chi connectivity index (χ0v) is 18.6. The summed E-state index contributed by atoms with van der Waals surface area (Å²) in [4.78, 5) is 2.46. The topological polar surface area (TPSA) is 67.2 Å². The molecule has 3 saturated heterocycles. The van der Waals surface area contributed by atoms with Crippen molar-refractivity contribution in [3.8, 4) is 11.3 Å². The average molecular weight is 443 g/mol. The van der Waals surface area contributed by atoms with Crippen molar-refractivity contribution in [3.63, 3.8) is 0 Å². The molecular weight excluding hydrogens is 416 g/mol. The molecule has 3 fully saturated rings. The number of nitrogens with one attached hydrogen (secondary N) is 1. The molecule has 0 saturated carbocycles. The zero-order chi connectivity index (χ0) is 20.7. The highest BCUT2D eigenvalue weighted by Crippen LogP contribution is 2.42. The Labute approximate surface area is 181 Å². The van der Waals surface area contributed by atoms with Gasteiger partial charge in [-0.05, 0) is 42.8 Å². The average Bonchev–Trinajstić information content (AvgIpc) is 3.44. The predicted octanol–water partition coefficient (Wildman–Crippen LogP) is 3.30. The molecule has 158 valence electrons. The first-order valence-corrected chi connectivity index (χ1v) is 12.7. The van der Waals surface area contributed by atoms with Gasteiger partial charge < -0.3 is 0 Å². The summed E-state index contributed by atoms with van der Waals surface area (Å²) in [7, 11) is -1.37. The molecule has 1 N–H and O–H groups in total. The molecule has 30 heavy (non-hydrogen) atoms. The number of hydrogen-bond acceptors (Lipinski definition) is 5. The minimum Gasteiger partial charge on any atom is -0.298 e. The van der Waals surface area contributed by atoms with Crippen LogP contribution in [0.5, 0.6) is 0 Å². The second-order valence-electron chi connectivity index (χ2n) is 8.27. The summed E-state index contributed by atoms with van der Waals surface area (Å²) in [6, 6.07) is 16.2. The van der Waals surface area contributed by atoms with E-state index in [1.165, 1.54) is 17.0 Å². The molecule has 0 radical (unpaired) electrons. The molecule has 4 atom stereocenters. The number of sulfonamides is 1. The fourth-order valence-electron chi connectivity index (χ4n) is 4.96. The van der Waals surface area contributed by atoms with Gasteiger partial charge in [-0.15, -0.1) is 11.3 Å². The molecular formula is C22H26N4O2S2. The summed E-state index contributed by atoms with van der Waals surface area (Å²) < 4.78 is 30.2. The van der Waals surface area contributed by atoms with Gasteiger partial charge in [-0.2, -0.15) is 5.10 Å². The van der Waals surface area contributed by atoms with Crippen LogP contribution >= 0.6 is 11.3 Å². The number of fused-ring (bicyclic) bond motifs is 3. The second-order valence-corrected chi connectivity index (χ2v) is 11.2. The minimum absolute atomic E-state index is 0.261. The molecule has 6 rings (SSSR count). The van der Waals surface area contributed by atoms with E-state index in [-0.39, 0.29) is 6.04 Å². The number of aromatic nitrogens is 2. The van der Waals surface area contributed by atoms with Crippen LogP contribution in [0.25, 0.3) is 11.3 Å². The van der Waals surface area contributed by atoms with Crippen LogP contribution in [0, 0.1) is 5.92 Å². The highest BCUT2D eigenvalue weighted by molar-refractivity contribution is 7.91. The second kappa shape index (κ2) is 7.92. The molecule has 6 nitrogen and oxygen atoms in total. The van der Waals surface area contributed by atoms with E-state index in [9.17, 15) is 8.42 Å². The van der Waals surface area contributed by atoms with Crippen LogP contribution in [-0.4, -0.2) is 48.8 Å². The molecule has 3 aromatic rings. The largest absolute Gasteiger partial charge is 0.298 e. The summed E-state index contributed by atoms with van der Waals surface area (Å²) in [5.41, 5.74) is 3.44. The molecule has 4 unspecified atom stereocenters. The van der Waals surface area contributed by atoms with Gasteiger partial charge in [0.05, 0.1) is 5.69 Å². The van der Waals surface area contributed by atoms with E-state index in [0.29, 0.717) is 22.6 Å². The Kier molecular flexibility index (Phi) is 5.26. The van der Waals surface area contributed by atoms with Crippen LogP contribution in [0.1, 0.15) is 24.5 Å². The molecule has 2 bridgehead atoms. The summed E-state index contributed by atoms with van der Waals surface area (Å²) in [5.74, 6) is 1.00. The Morgan fingerprint density at radius 3 is 2.73 bits per heavy atom. The van der Waals surface area contributed by atoms with Crippen molar-refractivity contribution in [2.45, 2.75) is 29.0 Å². The van der Waals surface area contributed by atoms with Gasteiger partial charge in [-0.25, -0.2) is 13.1 Å². The van der Waals surface area contributed by atoms with Crippen molar-refractivity contribution in [3.05, 3.63) is 59.6 Å². The number of piperidine rings is 3. The quantitative estimate of drug-likeness (QED) is 0.636. The lowest BCUT2D eigenvalue weighted by Gasteiger charge is -2.49. The maximum Gasteiger partial charge on any atom is 0.250 e. The molecule has 8 heteroatoms. The molecule has 5 heterocycles. The highest BCUT2D eigenvalue weighted by Gasteiger charge is 2.42. The predicted molar refractivity (Wildman–Crippen MR) is 119 cm³/mol. The maximum atomic E-state index is 12.5. The summed E-state index contributed by atoms with van der Waals surface area (Å²) in [6.07, 6.45) is 2.17. The van der Waals surface area contributed by atoms with Crippen molar-refractivity contribution in [2.75, 3.05) is 19.6 Å². The molecule has 3 aliphatic rings. The van der Waals surface area contributed by atoms with Crippen LogP contribution in [0.15, 0.2) is 58.1 Å². The summed E-state index contributed by atoms with van der Waals surface area (Å²) in [6.45, 7) is 2.48.